The highest BCUT2D eigenvalue weighted by Crippen LogP contribution is 2.03. The number of rotatable bonds is 1. The summed E-state index contributed by atoms with van der Waals surface area (Å²) < 4.78 is 0. The van der Waals surface area contributed by atoms with Gasteiger partial charge in [0, 0.05) is 32.7 Å². The molecule has 84 valence electrons. The van der Waals surface area contributed by atoms with Crippen LogP contribution in [0.3, 0.4) is 0 Å². The molecule has 1 atom stereocenters. The Morgan fingerprint density at radius 1 is 1.33 bits per heavy atom. The van der Waals surface area contributed by atoms with Crippen molar-refractivity contribution in [3.63, 3.8) is 0 Å². The van der Waals surface area contributed by atoms with E-state index in [1.54, 1.807) is 0 Å². The summed E-state index contributed by atoms with van der Waals surface area (Å²) in [6, 6.07) is -0.622. The molecule has 2 aliphatic rings. The van der Waals surface area contributed by atoms with Crippen LogP contribution in [0.2, 0.25) is 0 Å². The number of piperazine rings is 1. The van der Waals surface area contributed by atoms with Gasteiger partial charge in [-0.25, -0.2) is 4.79 Å². The van der Waals surface area contributed by atoms with Crippen LogP contribution in [0.4, 0.5) is 4.79 Å². The van der Waals surface area contributed by atoms with Crippen LogP contribution in [-0.2, 0) is 4.79 Å². The number of nitrogens with one attached hydrogen (secondary N) is 2. The topological polar surface area (TPSA) is 64.7 Å². The monoisotopic (exact) mass is 212 g/mol. The lowest BCUT2D eigenvalue weighted by Gasteiger charge is -2.33. The molecular formula is C9H16N4O2. The molecule has 0 saturated carbocycles. The fourth-order valence-electron chi connectivity index (χ4n) is 1.85. The Bertz CT molecular complexity index is 273. The Kier molecular flexibility index (Phi) is 2.77. The summed E-state index contributed by atoms with van der Waals surface area (Å²) in [7, 11) is 2.04. The summed E-state index contributed by atoms with van der Waals surface area (Å²) in [5, 5.41) is 5.20. The number of nitrogens with zero attached hydrogens (tertiary/aromatic N) is 2. The van der Waals surface area contributed by atoms with Crippen LogP contribution in [0.1, 0.15) is 0 Å². The van der Waals surface area contributed by atoms with E-state index in [-0.39, 0.29) is 18.0 Å². The molecule has 2 heterocycles. The Morgan fingerprint density at radius 3 is 2.53 bits per heavy atom. The molecule has 15 heavy (non-hydrogen) atoms. The van der Waals surface area contributed by atoms with Gasteiger partial charge in [-0.1, -0.05) is 0 Å². The molecule has 0 spiro atoms. The smallest absolute Gasteiger partial charge is 0.315 e. The van der Waals surface area contributed by atoms with Crippen LogP contribution >= 0.6 is 0 Å². The molecule has 2 N–H and O–H groups in total. The minimum atomic E-state index is -0.374. The van der Waals surface area contributed by atoms with E-state index >= 15 is 0 Å². The van der Waals surface area contributed by atoms with Crippen LogP contribution in [-0.4, -0.2) is 67.6 Å². The van der Waals surface area contributed by atoms with Crippen molar-refractivity contribution in [2.75, 3.05) is 39.8 Å². The van der Waals surface area contributed by atoms with Gasteiger partial charge >= 0.3 is 6.03 Å². The van der Waals surface area contributed by atoms with Gasteiger partial charge in [0.1, 0.15) is 6.04 Å². The lowest BCUT2D eigenvalue weighted by molar-refractivity contribution is -0.134. The van der Waals surface area contributed by atoms with Crippen LogP contribution in [0, 0.1) is 0 Å². The van der Waals surface area contributed by atoms with E-state index < -0.39 is 0 Å². The second-order valence-electron chi connectivity index (χ2n) is 4.04. The predicted octanol–water partition coefficient (Wildman–Crippen LogP) is -1.56. The quantitative estimate of drug-likeness (QED) is 0.552. The van der Waals surface area contributed by atoms with Gasteiger partial charge in [-0.15, -0.1) is 0 Å². The maximum Gasteiger partial charge on any atom is 0.315 e. The molecule has 0 aliphatic carbocycles. The van der Waals surface area contributed by atoms with E-state index in [4.69, 9.17) is 0 Å². The number of likely N-dealkylation sites (N-methyl/N-ethyl adjacent to an activating group) is 1. The highest BCUT2D eigenvalue weighted by molar-refractivity contribution is 5.90. The predicted molar refractivity (Wildman–Crippen MR) is 54.4 cm³/mol. The molecule has 2 fully saturated rings. The molecule has 0 aromatic heterocycles. The summed E-state index contributed by atoms with van der Waals surface area (Å²) in [5.41, 5.74) is 0. The van der Waals surface area contributed by atoms with Gasteiger partial charge in [-0.05, 0) is 7.05 Å². The van der Waals surface area contributed by atoms with Crippen LogP contribution in [0.25, 0.3) is 0 Å². The first kappa shape index (κ1) is 10.2. The largest absolute Gasteiger partial charge is 0.338 e. The van der Waals surface area contributed by atoms with E-state index in [0.717, 1.165) is 26.2 Å². The van der Waals surface area contributed by atoms with Gasteiger partial charge in [-0.2, -0.15) is 0 Å². The number of amides is 3. The summed E-state index contributed by atoms with van der Waals surface area (Å²) in [5.74, 6) is 0.0291. The molecule has 1 unspecified atom stereocenters. The molecule has 0 radical (unpaired) electrons. The molecule has 2 rings (SSSR count). The Hall–Kier alpha value is -1.30. The van der Waals surface area contributed by atoms with Gasteiger partial charge in [-0.3, -0.25) is 4.79 Å². The minimum absolute atomic E-state index is 0.0291. The van der Waals surface area contributed by atoms with Gasteiger partial charge < -0.3 is 20.4 Å². The summed E-state index contributed by atoms with van der Waals surface area (Å²) in [4.78, 5) is 26.8. The number of hydrogen-bond donors (Lipinski definition) is 2. The third kappa shape index (κ3) is 2.20. The maximum absolute atomic E-state index is 11.9. The number of urea groups is 1. The minimum Gasteiger partial charge on any atom is -0.338 e. The third-order valence-corrected chi connectivity index (χ3v) is 2.89. The number of carbonyl (C=O) groups excluding carboxylic acids is 2. The van der Waals surface area contributed by atoms with Gasteiger partial charge in [0.2, 0.25) is 5.91 Å². The van der Waals surface area contributed by atoms with Crippen LogP contribution < -0.4 is 10.6 Å². The van der Waals surface area contributed by atoms with E-state index in [1.165, 1.54) is 0 Å². The summed E-state index contributed by atoms with van der Waals surface area (Å²) in [6.45, 7) is 3.72. The number of carbonyl (C=O) groups is 2. The molecule has 0 aromatic carbocycles. The first-order chi connectivity index (χ1) is 7.16. The second kappa shape index (κ2) is 4.06. The highest BCUT2D eigenvalue weighted by Gasteiger charge is 2.31. The Labute approximate surface area is 88.6 Å². The third-order valence-electron chi connectivity index (χ3n) is 2.89. The molecule has 2 saturated heterocycles. The van der Waals surface area contributed by atoms with Crippen molar-refractivity contribution < 1.29 is 9.59 Å². The van der Waals surface area contributed by atoms with Gasteiger partial charge in [0.15, 0.2) is 0 Å². The maximum atomic E-state index is 11.9. The van der Waals surface area contributed by atoms with Crippen molar-refractivity contribution in [1.29, 1.82) is 0 Å². The average Bonchev–Trinajstić information content (AvgIpc) is 2.65. The fourth-order valence-corrected chi connectivity index (χ4v) is 1.85. The first-order valence-electron chi connectivity index (χ1n) is 5.18. The summed E-state index contributed by atoms with van der Waals surface area (Å²) in [6.07, 6.45) is 0. The summed E-state index contributed by atoms with van der Waals surface area (Å²) >= 11 is 0. The van der Waals surface area contributed by atoms with Crippen molar-refractivity contribution >= 4 is 11.9 Å². The highest BCUT2D eigenvalue weighted by atomic mass is 16.2. The van der Waals surface area contributed by atoms with Gasteiger partial charge in [0.25, 0.3) is 0 Å². The van der Waals surface area contributed by atoms with Gasteiger partial charge in [0.05, 0.1) is 0 Å². The fraction of sp³-hybridized carbons (Fsp3) is 0.778. The Morgan fingerprint density at radius 2 is 2.00 bits per heavy atom. The normalized spacial score (nSPS) is 27.4. The molecule has 2 aliphatic heterocycles. The van der Waals surface area contributed by atoms with Crippen molar-refractivity contribution in [3.8, 4) is 0 Å². The zero-order chi connectivity index (χ0) is 10.8. The van der Waals surface area contributed by atoms with E-state index in [0.29, 0.717) is 6.54 Å². The lowest BCUT2D eigenvalue weighted by Crippen LogP contribution is -2.53. The molecule has 0 bridgehead atoms. The average molecular weight is 212 g/mol. The van der Waals surface area contributed by atoms with Crippen molar-refractivity contribution in [1.82, 2.24) is 20.4 Å². The SMILES string of the molecule is CN1CCN(C(=O)C2CNC(=O)N2)CC1. The Balaban J connectivity index is 1.88. The molecule has 6 heteroatoms. The molecular weight excluding hydrogens is 196 g/mol. The van der Waals surface area contributed by atoms with E-state index in [9.17, 15) is 9.59 Å². The molecule has 0 aromatic rings. The van der Waals surface area contributed by atoms with Crippen LogP contribution in [0.15, 0.2) is 0 Å². The standard InChI is InChI=1S/C9H16N4O2/c1-12-2-4-13(5-3-12)8(14)7-6-10-9(15)11-7/h7H,2-6H2,1H3,(H2,10,11,15). The van der Waals surface area contributed by atoms with Crippen molar-refractivity contribution in [2.24, 2.45) is 0 Å². The second-order valence-corrected chi connectivity index (χ2v) is 4.04. The van der Waals surface area contributed by atoms with E-state index in [1.807, 2.05) is 11.9 Å². The zero-order valence-corrected chi connectivity index (χ0v) is 8.82. The van der Waals surface area contributed by atoms with E-state index in [2.05, 4.69) is 15.5 Å². The molecule has 3 amide bonds. The first-order valence-corrected chi connectivity index (χ1v) is 5.18. The zero-order valence-electron chi connectivity index (χ0n) is 8.82. The van der Waals surface area contributed by atoms with Crippen LogP contribution in [0.5, 0.6) is 0 Å². The molecule has 6 nitrogen and oxygen atoms in total. The van der Waals surface area contributed by atoms with Crippen molar-refractivity contribution in [3.05, 3.63) is 0 Å². The lowest BCUT2D eigenvalue weighted by atomic mass is 10.2. The number of hydrogen-bond acceptors (Lipinski definition) is 3. The van der Waals surface area contributed by atoms with Crippen molar-refractivity contribution in [2.45, 2.75) is 6.04 Å².